The number of hydrogen-bond donors (Lipinski definition) is 0. The van der Waals surface area contributed by atoms with Crippen molar-refractivity contribution in [3.8, 4) is 23.7 Å². The first-order valence-electron chi connectivity index (χ1n) is 10.6. The zero-order valence-electron chi connectivity index (χ0n) is 20.0. The summed E-state index contributed by atoms with van der Waals surface area (Å²) in [6.07, 6.45) is -1.23. The quantitative estimate of drug-likeness (QED) is 0.314. The number of imidazole rings is 1. The van der Waals surface area contributed by atoms with Gasteiger partial charge in [-0.1, -0.05) is 5.92 Å². The zero-order chi connectivity index (χ0) is 25.5. The van der Waals surface area contributed by atoms with E-state index in [1.807, 2.05) is 19.0 Å². The average Bonchev–Trinajstić information content (AvgIpc) is 3.33. The van der Waals surface area contributed by atoms with Crippen molar-refractivity contribution in [3.63, 3.8) is 0 Å². The van der Waals surface area contributed by atoms with Crippen LogP contribution in [0, 0.1) is 23.7 Å². The van der Waals surface area contributed by atoms with Gasteiger partial charge in [-0.25, -0.2) is 15.0 Å². The second-order valence-electron chi connectivity index (χ2n) is 7.85. The van der Waals surface area contributed by atoms with Crippen molar-refractivity contribution >= 4 is 29.1 Å². The van der Waals surface area contributed by atoms with E-state index < -0.39 is 42.4 Å². The van der Waals surface area contributed by atoms with Crippen molar-refractivity contribution in [2.45, 2.75) is 45.3 Å². The van der Waals surface area contributed by atoms with E-state index in [0.717, 1.165) is 0 Å². The fraction of sp³-hybridized carbons (Fsp3) is 0.478. The molecular formula is C23H25N5O7. The van der Waals surface area contributed by atoms with Gasteiger partial charge in [-0.2, -0.15) is 0 Å². The highest BCUT2D eigenvalue weighted by atomic mass is 16.7. The van der Waals surface area contributed by atoms with Gasteiger partial charge >= 0.3 is 17.9 Å². The lowest BCUT2D eigenvalue weighted by Crippen LogP contribution is -2.40. The molecule has 12 nitrogen and oxygen atoms in total. The molecule has 12 heteroatoms. The molecule has 0 aromatic carbocycles. The standard InChI is InChI=1S/C23H25N5O7/c1-14(29)32-11-18-20(33-15(2)30)21(34-16(3)31)23(35-18)28-13-26-19-17(24-12-25-22(19)28)9-7-6-8-10-27(4)5/h12-13,18,20-21,23H,10-11H2,1-5H3/t18-,20-,21-,23-/m1/s1. The fourth-order valence-electron chi connectivity index (χ4n) is 3.38. The Kier molecular flexibility index (Phi) is 8.36. The number of fused-ring (bicyclic) bond motifs is 1. The number of rotatable bonds is 6. The Hall–Kier alpha value is -4.00. The molecule has 0 saturated carbocycles. The molecule has 1 aliphatic rings. The molecule has 184 valence electrons. The van der Waals surface area contributed by atoms with Crippen LogP contribution in [0.2, 0.25) is 0 Å². The molecule has 4 atom stereocenters. The number of carbonyl (C=O) groups excluding carboxylic acids is 3. The van der Waals surface area contributed by atoms with Crippen LogP contribution in [-0.4, -0.2) is 87.9 Å². The number of nitrogens with zero attached hydrogens (tertiary/aromatic N) is 5. The largest absolute Gasteiger partial charge is 0.463 e. The Labute approximate surface area is 201 Å². The molecule has 0 unspecified atom stereocenters. The summed E-state index contributed by atoms with van der Waals surface area (Å²) in [7, 11) is 3.80. The highest BCUT2D eigenvalue weighted by molar-refractivity contribution is 5.76. The first-order valence-corrected chi connectivity index (χ1v) is 10.6. The molecule has 1 aliphatic heterocycles. The number of aromatic nitrogens is 4. The lowest BCUT2D eigenvalue weighted by atomic mass is 10.1. The summed E-state index contributed by atoms with van der Waals surface area (Å²) in [5, 5.41) is 0. The van der Waals surface area contributed by atoms with Gasteiger partial charge in [0, 0.05) is 20.8 Å². The molecule has 2 aromatic heterocycles. The molecular weight excluding hydrogens is 458 g/mol. The van der Waals surface area contributed by atoms with Crippen molar-refractivity contribution in [2.24, 2.45) is 0 Å². The average molecular weight is 483 g/mol. The molecule has 0 amide bonds. The zero-order valence-corrected chi connectivity index (χ0v) is 20.0. The molecule has 1 saturated heterocycles. The first-order chi connectivity index (χ1) is 16.7. The van der Waals surface area contributed by atoms with Crippen LogP contribution in [0.25, 0.3) is 11.2 Å². The SMILES string of the molecule is CC(=O)OC[C@H]1O[C@@H](n2cnc3c(C#CC#CCN(C)C)ncnc32)[C@H](OC(C)=O)[C@@H]1OC(C)=O. The molecule has 0 radical (unpaired) electrons. The molecule has 0 aliphatic carbocycles. The molecule has 3 heterocycles. The van der Waals surface area contributed by atoms with Gasteiger partial charge in [0.25, 0.3) is 0 Å². The number of ether oxygens (including phenoxy) is 4. The van der Waals surface area contributed by atoms with Crippen LogP contribution in [-0.2, 0) is 33.3 Å². The van der Waals surface area contributed by atoms with Crippen LogP contribution in [0.15, 0.2) is 12.7 Å². The molecule has 0 spiro atoms. The summed E-state index contributed by atoms with van der Waals surface area (Å²) in [6, 6.07) is 0. The number of esters is 3. The first kappa shape index (κ1) is 25.6. The normalized spacial score (nSPS) is 21.0. The minimum atomic E-state index is -1.06. The Morgan fingerprint density at radius 3 is 2.40 bits per heavy atom. The third kappa shape index (κ3) is 6.53. The van der Waals surface area contributed by atoms with Gasteiger partial charge in [0.15, 0.2) is 24.1 Å². The van der Waals surface area contributed by atoms with E-state index in [0.29, 0.717) is 23.4 Å². The maximum absolute atomic E-state index is 11.9. The minimum absolute atomic E-state index is 0.217. The Balaban J connectivity index is 1.98. The van der Waals surface area contributed by atoms with E-state index >= 15 is 0 Å². The van der Waals surface area contributed by atoms with Crippen LogP contribution in [0.4, 0.5) is 0 Å². The van der Waals surface area contributed by atoms with Crippen molar-refractivity contribution in [3.05, 3.63) is 18.3 Å². The monoisotopic (exact) mass is 483 g/mol. The lowest BCUT2D eigenvalue weighted by molar-refractivity contribution is -0.166. The van der Waals surface area contributed by atoms with E-state index in [9.17, 15) is 14.4 Å². The summed E-state index contributed by atoms with van der Waals surface area (Å²) in [4.78, 5) is 49.7. The van der Waals surface area contributed by atoms with Gasteiger partial charge in [-0.05, 0) is 31.9 Å². The molecule has 35 heavy (non-hydrogen) atoms. The van der Waals surface area contributed by atoms with Crippen molar-refractivity contribution < 1.29 is 33.3 Å². The van der Waals surface area contributed by atoms with E-state index in [4.69, 9.17) is 18.9 Å². The third-order valence-electron chi connectivity index (χ3n) is 4.70. The Morgan fingerprint density at radius 1 is 1.03 bits per heavy atom. The van der Waals surface area contributed by atoms with Gasteiger partial charge in [-0.3, -0.25) is 23.9 Å². The summed E-state index contributed by atoms with van der Waals surface area (Å²) >= 11 is 0. The van der Waals surface area contributed by atoms with E-state index in [1.54, 1.807) is 0 Å². The van der Waals surface area contributed by atoms with E-state index in [2.05, 4.69) is 38.6 Å². The summed E-state index contributed by atoms with van der Waals surface area (Å²) in [5.74, 6) is 9.50. The molecule has 0 bridgehead atoms. The lowest BCUT2D eigenvalue weighted by Gasteiger charge is -2.23. The highest BCUT2D eigenvalue weighted by Gasteiger charge is 2.51. The van der Waals surface area contributed by atoms with Crippen molar-refractivity contribution in [1.82, 2.24) is 24.4 Å². The van der Waals surface area contributed by atoms with Gasteiger partial charge in [-0.15, -0.1) is 0 Å². The predicted octanol–water partition coefficient (Wildman–Crippen LogP) is 0.0667. The molecule has 1 fully saturated rings. The smallest absolute Gasteiger partial charge is 0.303 e. The minimum Gasteiger partial charge on any atom is -0.463 e. The van der Waals surface area contributed by atoms with Crippen LogP contribution < -0.4 is 0 Å². The predicted molar refractivity (Wildman–Crippen MR) is 120 cm³/mol. The summed E-state index contributed by atoms with van der Waals surface area (Å²) < 4.78 is 23.5. The second kappa shape index (κ2) is 11.4. The molecule has 3 rings (SSSR count). The van der Waals surface area contributed by atoms with E-state index in [-0.39, 0.29) is 6.61 Å². The summed E-state index contributed by atoms with van der Waals surface area (Å²) in [5.41, 5.74) is 1.08. The van der Waals surface area contributed by atoms with Gasteiger partial charge in [0.05, 0.1) is 12.9 Å². The third-order valence-corrected chi connectivity index (χ3v) is 4.70. The van der Waals surface area contributed by atoms with Crippen LogP contribution in [0.1, 0.15) is 32.7 Å². The topological polar surface area (TPSA) is 135 Å². The van der Waals surface area contributed by atoms with Gasteiger partial charge in [0.1, 0.15) is 30.2 Å². The summed E-state index contributed by atoms with van der Waals surface area (Å²) in [6.45, 7) is 4.03. The van der Waals surface area contributed by atoms with Crippen molar-refractivity contribution in [1.29, 1.82) is 0 Å². The van der Waals surface area contributed by atoms with Gasteiger partial charge in [0.2, 0.25) is 0 Å². The van der Waals surface area contributed by atoms with Crippen LogP contribution >= 0.6 is 0 Å². The van der Waals surface area contributed by atoms with E-state index in [1.165, 1.54) is 38.0 Å². The second-order valence-corrected chi connectivity index (χ2v) is 7.85. The fourth-order valence-corrected chi connectivity index (χ4v) is 3.38. The molecule has 2 aromatic rings. The van der Waals surface area contributed by atoms with Crippen LogP contribution in [0.3, 0.4) is 0 Å². The Morgan fingerprint density at radius 2 is 1.74 bits per heavy atom. The highest BCUT2D eigenvalue weighted by Crippen LogP contribution is 2.36. The van der Waals surface area contributed by atoms with Crippen LogP contribution in [0.5, 0.6) is 0 Å². The Bertz CT molecular complexity index is 1230. The number of hydrogen-bond acceptors (Lipinski definition) is 11. The molecule has 0 N–H and O–H groups in total. The number of carbonyl (C=O) groups is 3. The van der Waals surface area contributed by atoms with Crippen molar-refractivity contribution in [2.75, 3.05) is 27.2 Å². The van der Waals surface area contributed by atoms with Gasteiger partial charge < -0.3 is 18.9 Å². The maximum Gasteiger partial charge on any atom is 0.303 e. The maximum atomic E-state index is 11.9.